The summed E-state index contributed by atoms with van der Waals surface area (Å²) in [5.74, 6) is -0.596. The van der Waals surface area contributed by atoms with E-state index >= 15 is 0 Å². The van der Waals surface area contributed by atoms with Gasteiger partial charge in [0, 0.05) is 24.8 Å². The van der Waals surface area contributed by atoms with Gasteiger partial charge in [-0.1, -0.05) is 0 Å². The zero-order valence-corrected chi connectivity index (χ0v) is 17.1. The number of amides is 2. The Morgan fingerprint density at radius 2 is 2.10 bits per heavy atom. The molecule has 0 aromatic heterocycles. The number of carbonyl (C=O) groups is 2. The second-order valence-corrected chi connectivity index (χ2v) is 7.67. The summed E-state index contributed by atoms with van der Waals surface area (Å²) in [4.78, 5) is 25.3. The number of hydrogen-bond acceptors (Lipinski definition) is 6. The largest absolute Gasteiger partial charge is 0.416 e. The van der Waals surface area contributed by atoms with E-state index in [2.05, 4.69) is 10.6 Å². The predicted molar refractivity (Wildman–Crippen MR) is 110 cm³/mol. The van der Waals surface area contributed by atoms with Crippen LogP contribution in [0.5, 0.6) is 0 Å². The molecule has 2 amide bonds. The van der Waals surface area contributed by atoms with Crippen molar-refractivity contribution in [1.82, 2.24) is 10.6 Å². The van der Waals surface area contributed by atoms with Crippen molar-refractivity contribution in [1.29, 1.82) is 0 Å². The van der Waals surface area contributed by atoms with E-state index in [0.29, 0.717) is 37.1 Å². The molecule has 0 aliphatic carbocycles. The topological polar surface area (TPSA) is 87.5 Å². The lowest BCUT2D eigenvalue weighted by molar-refractivity contribution is -0.137. The number of halogens is 4. The molecule has 1 atom stereocenters. The third-order valence-electron chi connectivity index (χ3n) is 4.63. The van der Waals surface area contributed by atoms with Crippen LogP contribution in [0, 0.1) is 0 Å². The van der Waals surface area contributed by atoms with E-state index in [0.717, 1.165) is 31.5 Å². The molecule has 1 aromatic carbocycles. The Labute approximate surface area is 176 Å². The molecule has 29 heavy (non-hydrogen) atoms. The molecule has 160 valence electrons. The summed E-state index contributed by atoms with van der Waals surface area (Å²) in [6.07, 6.45) is -1.43. The van der Waals surface area contributed by atoms with Crippen molar-refractivity contribution in [2.45, 2.75) is 25.1 Å². The maximum absolute atomic E-state index is 13.2. The molecule has 0 bridgehead atoms. The molecule has 3 rings (SSSR count). The van der Waals surface area contributed by atoms with Gasteiger partial charge >= 0.3 is 6.18 Å². The molecule has 4 N–H and O–H groups in total. The van der Waals surface area contributed by atoms with Gasteiger partial charge in [-0.25, -0.2) is 0 Å². The second-order valence-electron chi connectivity index (χ2n) is 6.65. The van der Waals surface area contributed by atoms with E-state index in [1.165, 1.54) is 12.1 Å². The number of nitrogens with two attached hydrogens (primary N) is 1. The number of nitrogens with zero attached hydrogens (tertiary/aromatic N) is 1. The van der Waals surface area contributed by atoms with Gasteiger partial charge in [-0.05, 0) is 67.5 Å². The summed E-state index contributed by atoms with van der Waals surface area (Å²) in [5, 5.41) is 4.98. The first-order chi connectivity index (χ1) is 13.3. The molecular formula is C18H22ClF3N4O2S. The first kappa shape index (κ1) is 23.5. The van der Waals surface area contributed by atoms with Crippen LogP contribution in [0.4, 0.5) is 23.7 Å². The van der Waals surface area contributed by atoms with Crippen LogP contribution in [0.15, 0.2) is 23.1 Å². The Hall–Kier alpha value is -1.75. The number of benzene rings is 1. The van der Waals surface area contributed by atoms with Crippen molar-refractivity contribution in [3.63, 3.8) is 0 Å². The number of hydrogen-bond donors (Lipinski definition) is 3. The molecule has 2 aliphatic rings. The lowest BCUT2D eigenvalue weighted by Gasteiger charge is -2.22. The number of anilines is 1. The van der Waals surface area contributed by atoms with Crippen LogP contribution in [0.25, 0.3) is 6.08 Å². The van der Waals surface area contributed by atoms with E-state index in [1.54, 1.807) is 0 Å². The predicted octanol–water partition coefficient (Wildman–Crippen LogP) is 2.97. The number of alkyl halides is 3. The summed E-state index contributed by atoms with van der Waals surface area (Å²) in [6.45, 7) is 2.71. The molecule has 11 heteroatoms. The quantitative estimate of drug-likeness (QED) is 0.456. The summed E-state index contributed by atoms with van der Waals surface area (Å²) in [6, 6.07) is 3.71. The maximum Gasteiger partial charge on any atom is 0.416 e. The fraction of sp³-hybridized carbons (Fsp3) is 0.444. The van der Waals surface area contributed by atoms with Gasteiger partial charge in [0.25, 0.3) is 11.1 Å². The molecule has 0 spiro atoms. The van der Waals surface area contributed by atoms with Gasteiger partial charge in [0.1, 0.15) is 0 Å². The lowest BCUT2D eigenvalue weighted by atomic mass is 10.1. The molecule has 0 radical (unpaired) electrons. The van der Waals surface area contributed by atoms with Crippen LogP contribution in [0.3, 0.4) is 0 Å². The number of nitrogens with one attached hydrogen (secondary N) is 2. The average molecular weight is 451 g/mol. The highest BCUT2D eigenvalue weighted by atomic mass is 35.5. The van der Waals surface area contributed by atoms with Crippen molar-refractivity contribution in [3.05, 3.63) is 34.2 Å². The van der Waals surface area contributed by atoms with Gasteiger partial charge in [0.05, 0.1) is 10.5 Å². The Balaban J connectivity index is 0.00000300. The van der Waals surface area contributed by atoms with Crippen LogP contribution >= 0.6 is 24.2 Å². The summed E-state index contributed by atoms with van der Waals surface area (Å²) in [5.41, 5.74) is 5.57. The lowest BCUT2D eigenvalue weighted by Crippen LogP contribution is -2.34. The fourth-order valence-corrected chi connectivity index (χ4v) is 3.92. The normalized spacial score (nSPS) is 20.9. The maximum atomic E-state index is 13.2. The minimum absolute atomic E-state index is 0. The van der Waals surface area contributed by atoms with Crippen molar-refractivity contribution >= 4 is 47.1 Å². The minimum atomic E-state index is -4.50. The highest BCUT2D eigenvalue weighted by molar-refractivity contribution is 8.18. The van der Waals surface area contributed by atoms with Crippen molar-refractivity contribution in [3.8, 4) is 0 Å². The first-order valence-electron chi connectivity index (χ1n) is 8.92. The molecule has 0 saturated carbocycles. The van der Waals surface area contributed by atoms with E-state index in [9.17, 15) is 22.8 Å². The van der Waals surface area contributed by atoms with Gasteiger partial charge in [-0.3, -0.25) is 14.9 Å². The molecule has 6 nitrogen and oxygen atoms in total. The SMILES string of the molecule is Cl.NCCCNC1CCN(c2ccc(C(F)(F)F)cc2/C=C2/SC(=O)NC2=O)C1. The molecule has 2 aliphatic heterocycles. The third kappa shape index (κ3) is 5.88. The van der Waals surface area contributed by atoms with Crippen molar-refractivity contribution < 1.29 is 22.8 Å². The zero-order valence-electron chi connectivity index (χ0n) is 15.4. The molecular weight excluding hydrogens is 429 g/mol. The highest BCUT2D eigenvalue weighted by Gasteiger charge is 2.33. The number of imide groups is 1. The first-order valence-corrected chi connectivity index (χ1v) is 9.74. The zero-order chi connectivity index (χ0) is 20.3. The second kappa shape index (κ2) is 9.84. The summed E-state index contributed by atoms with van der Waals surface area (Å²) in [7, 11) is 0. The Kier molecular flexibility index (Phi) is 7.98. The van der Waals surface area contributed by atoms with Crippen LogP contribution in [-0.4, -0.2) is 43.4 Å². The monoisotopic (exact) mass is 450 g/mol. The Morgan fingerprint density at radius 3 is 2.72 bits per heavy atom. The van der Waals surface area contributed by atoms with E-state index in [-0.39, 0.29) is 28.9 Å². The van der Waals surface area contributed by atoms with Gasteiger partial charge in [-0.15, -0.1) is 12.4 Å². The molecule has 2 fully saturated rings. The average Bonchev–Trinajstić information content (AvgIpc) is 3.21. The van der Waals surface area contributed by atoms with Crippen molar-refractivity contribution in [2.75, 3.05) is 31.1 Å². The van der Waals surface area contributed by atoms with E-state index in [4.69, 9.17) is 5.73 Å². The fourth-order valence-electron chi connectivity index (χ4n) is 3.25. The highest BCUT2D eigenvalue weighted by Crippen LogP contribution is 2.36. The van der Waals surface area contributed by atoms with Gasteiger partial charge in [0.15, 0.2) is 0 Å². The Bertz CT molecular complexity index is 804. The molecule has 2 saturated heterocycles. The van der Waals surface area contributed by atoms with Gasteiger partial charge in [-0.2, -0.15) is 13.2 Å². The van der Waals surface area contributed by atoms with Crippen molar-refractivity contribution in [2.24, 2.45) is 5.73 Å². The number of rotatable bonds is 6. The summed E-state index contributed by atoms with van der Waals surface area (Å²) >= 11 is 0.685. The van der Waals surface area contributed by atoms with Gasteiger partial charge in [0.2, 0.25) is 0 Å². The number of thioether (sulfide) groups is 1. The molecule has 1 aromatic rings. The smallest absolute Gasteiger partial charge is 0.369 e. The minimum Gasteiger partial charge on any atom is -0.369 e. The van der Waals surface area contributed by atoms with Gasteiger partial charge < -0.3 is 16.0 Å². The van der Waals surface area contributed by atoms with Crippen LogP contribution in [0.2, 0.25) is 0 Å². The molecule has 2 heterocycles. The summed E-state index contributed by atoms with van der Waals surface area (Å²) < 4.78 is 39.5. The van der Waals surface area contributed by atoms with E-state index < -0.39 is 22.9 Å². The van der Waals surface area contributed by atoms with Crippen LogP contribution < -0.4 is 21.3 Å². The molecule has 1 unspecified atom stereocenters. The number of carbonyl (C=O) groups excluding carboxylic acids is 2. The van der Waals surface area contributed by atoms with Crippen LogP contribution in [-0.2, 0) is 11.0 Å². The standard InChI is InChI=1S/C18H21F3N4O2S.ClH/c19-18(20,21)12-2-3-14(25-7-4-13(10-25)23-6-1-5-22)11(8-12)9-15-16(26)24-17(27)28-15;/h2-3,8-9,13,23H,1,4-7,10,22H2,(H,24,26,27);1H/b15-9+;. The third-order valence-corrected chi connectivity index (χ3v) is 5.44. The van der Waals surface area contributed by atoms with E-state index in [1.807, 2.05) is 4.90 Å². The van der Waals surface area contributed by atoms with Crippen LogP contribution in [0.1, 0.15) is 24.0 Å². The Morgan fingerprint density at radius 1 is 1.34 bits per heavy atom.